The van der Waals surface area contributed by atoms with E-state index in [1.165, 1.54) is 0 Å². The summed E-state index contributed by atoms with van der Waals surface area (Å²) in [5.74, 6) is -8.02. The van der Waals surface area contributed by atoms with Crippen LogP contribution in [0.25, 0.3) is 0 Å². The molecule has 0 saturated carbocycles. The van der Waals surface area contributed by atoms with Crippen molar-refractivity contribution in [3.63, 3.8) is 0 Å². The number of methoxy groups -OCH3 is 1. The molecule has 6 heteroatoms. The van der Waals surface area contributed by atoms with Gasteiger partial charge in [-0.2, -0.15) is 4.39 Å². The summed E-state index contributed by atoms with van der Waals surface area (Å²) in [6.07, 6.45) is 0. The van der Waals surface area contributed by atoms with E-state index in [9.17, 15) is 17.6 Å². The maximum absolute atomic E-state index is 12.7. The molecule has 1 aromatic carbocycles. The average molecular weight is 195 g/mol. The third kappa shape index (κ3) is 1.28. The predicted molar refractivity (Wildman–Crippen MR) is 37.2 cm³/mol. The summed E-state index contributed by atoms with van der Waals surface area (Å²) in [5.41, 5.74) is 4.03. The van der Waals surface area contributed by atoms with Gasteiger partial charge in [-0.05, 0) is 0 Å². The second-order valence-electron chi connectivity index (χ2n) is 2.20. The molecule has 0 fully saturated rings. The fraction of sp³-hybridized carbons (Fsp3) is 0.143. The average Bonchev–Trinajstić information content (AvgIpc) is 2.13. The third-order valence-corrected chi connectivity index (χ3v) is 1.46. The second-order valence-corrected chi connectivity index (χ2v) is 2.20. The number of nitrogens with two attached hydrogens (primary N) is 1. The molecule has 1 rings (SSSR count). The van der Waals surface area contributed by atoms with Crippen LogP contribution in [0.1, 0.15) is 0 Å². The first kappa shape index (κ1) is 9.63. The van der Waals surface area contributed by atoms with Crippen molar-refractivity contribution < 1.29 is 22.3 Å². The highest BCUT2D eigenvalue weighted by Gasteiger charge is 2.24. The van der Waals surface area contributed by atoms with Gasteiger partial charge < -0.3 is 10.5 Å². The van der Waals surface area contributed by atoms with Crippen LogP contribution in [0.15, 0.2) is 0 Å². The highest BCUT2D eigenvalue weighted by Crippen LogP contribution is 2.31. The fourth-order valence-electron chi connectivity index (χ4n) is 0.828. The first-order valence-electron chi connectivity index (χ1n) is 3.16. The standard InChI is InChI=1S/C7H5F4NO/c1-13-7-5(11)3(9)2(8)4(10)6(7)12/h12H2,1H3. The highest BCUT2D eigenvalue weighted by molar-refractivity contribution is 5.54. The summed E-state index contributed by atoms with van der Waals surface area (Å²) in [7, 11) is 0.964. The van der Waals surface area contributed by atoms with E-state index in [1.807, 2.05) is 0 Å². The Balaban J connectivity index is 3.56. The molecule has 0 heterocycles. The normalized spacial score (nSPS) is 10.2. The Bertz CT molecular complexity index is 324. The first-order chi connectivity index (χ1) is 6.00. The minimum Gasteiger partial charge on any atom is -0.491 e. The van der Waals surface area contributed by atoms with Gasteiger partial charge in [0.05, 0.1) is 7.11 Å². The van der Waals surface area contributed by atoms with Gasteiger partial charge in [0.2, 0.25) is 11.6 Å². The molecule has 0 unspecified atom stereocenters. The quantitative estimate of drug-likeness (QED) is 0.321. The molecule has 0 atom stereocenters. The molecule has 13 heavy (non-hydrogen) atoms. The SMILES string of the molecule is COc1c(N)c(F)c(F)c(F)c1F. The van der Waals surface area contributed by atoms with E-state index < -0.39 is 34.7 Å². The number of hydrogen-bond acceptors (Lipinski definition) is 2. The van der Waals surface area contributed by atoms with Crippen molar-refractivity contribution in [3.05, 3.63) is 23.3 Å². The van der Waals surface area contributed by atoms with E-state index >= 15 is 0 Å². The largest absolute Gasteiger partial charge is 0.491 e. The molecular weight excluding hydrogens is 190 g/mol. The Labute approximate surface area is 70.9 Å². The Hall–Kier alpha value is -1.46. The highest BCUT2D eigenvalue weighted by atomic mass is 19.2. The van der Waals surface area contributed by atoms with Gasteiger partial charge in [0.15, 0.2) is 17.4 Å². The van der Waals surface area contributed by atoms with Crippen LogP contribution in [0.4, 0.5) is 23.2 Å². The van der Waals surface area contributed by atoms with Gasteiger partial charge in [-0.1, -0.05) is 0 Å². The Morgan fingerprint density at radius 2 is 1.38 bits per heavy atom. The molecule has 0 bridgehead atoms. The van der Waals surface area contributed by atoms with Crippen LogP contribution in [-0.4, -0.2) is 7.11 Å². The van der Waals surface area contributed by atoms with Crippen molar-refractivity contribution in [2.75, 3.05) is 12.8 Å². The number of benzene rings is 1. The molecule has 0 saturated heterocycles. The maximum atomic E-state index is 12.7. The predicted octanol–water partition coefficient (Wildman–Crippen LogP) is 1.83. The van der Waals surface area contributed by atoms with Gasteiger partial charge in [-0.25, -0.2) is 13.2 Å². The van der Waals surface area contributed by atoms with E-state index in [-0.39, 0.29) is 0 Å². The van der Waals surface area contributed by atoms with Gasteiger partial charge in [-0.3, -0.25) is 0 Å². The maximum Gasteiger partial charge on any atom is 0.206 e. The molecule has 0 radical (unpaired) electrons. The number of ether oxygens (including phenoxy) is 1. The number of nitrogen functional groups attached to an aromatic ring is 1. The number of hydrogen-bond donors (Lipinski definition) is 1. The summed E-state index contributed by atoms with van der Waals surface area (Å²) in [4.78, 5) is 0. The summed E-state index contributed by atoms with van der Waals surface area (Å²) < 4.78 is 54.5. The lowest BCUT2D eigenvalue weighted by Gasteiger charge is -2.07. The van der Waals surface area contributed by atoms with Crippen LogP contribution in [-0.2, 0) is 0 Å². The molecule has 0 aliphatic carbocycles. The van der Waals surface area contributed by atoms with E-state index in [1.54, 1.807) is 0 Å². The third-order valence-electron chi connectivity index (χ3n) is 1.46. The zero-order valence-electron chi connectivity index (χ0n) is 6.50. The fourth-order valence-corrected chi connectivity index (χ4v) is 0.828. The van der Waals surface area contributed by atoms with Crippen molar-refractivity contribution in [1.29, 1.82) is 0 Å². The van der Waals surface area contributed by atoms with Crippen LogP contribution in [0.5, 0.6) is 5.75 Å². The minimum atomic E-state index is -1.95. The molecule has 0 spiro atoms. The number of halogens is 4. The van der Waals surface area contributed by atoms with E-state index in [4.69, 9.17) is 5.73 Å². The zero-order valence-corrected chi connectivity index (χ0v) is 6.50. The molecule has 0 aliphatic heterocycles. The summed E-state index contributed by atoms with van der Waals surface area (Å²) in [5, 5.41) is 0. The minimum absolute atomic E-state index is 0.837. The smallest absolute Gasteiger partial charge is 0.206 e. The molecule has 0 aromatic heterocycles. The molecular formula is C7H5F4NO. The number of rotatable bonds is 1. The van der Waals surface area contributed by atoms with Gasteiger partial charge >= 0.3 is 0 Å². The zero-order chi connectivity index (χ0) is 10.2. The molecule has 2 N–H and O–H groups in total. The van der Waals surface area contributed by atoms with Gasteiger partial charge in [0, 0.05) is 0 Å². The first-order valence-corrected chi connectivity index (χ1v) is 3.16. The van der Waals surface area contributed by atoms with Gasteiger partial charge in [0.25, 0.3) is 0 Å². The number of anilines is 1. The van der Waals surface area contributed by atoms with Crippen LogP contribution in [0.3, 0.4) is 0 Å². The van der Waals surface area contributed by atoms with Gasteiger partial charge in [0.1, 0.15) is 5.69 Å². The van der Waals surface area contributed by atoms with Crippen LogP contribution in [0, 0.1) is 23.3 Å². The van der Waals surface area contributed by atoms with Crippen LogP contribution in [0.2, 0.25) is 0 Å². The molecule has 72 valence electrons. The summed E-state index contributed by atoms with van der Waals surface area (Å²) >= 11 is 0. The van der Waals surface area contributed by atoms with Crippen molar-refractivity contribution in [2.45, 2.75) is 0 Å². The van der Waals surface area contributed by atoms with Crippen LogP contribution < -0.4 is 10.5 Å². The van der Waals surface area contributed by atoms with E-state index in [0.29, 0.717) is 0 Å². The summed E-state index contributed by atoms with van der Waals surface area (Å²) in [6.45, 7) is 0. The monoisotopic (exact) mass is 195 g/mol. The summed E-state index contributed by atoms with van der Waals surface area (Å²) in [6, 6.07) is 0. The molecule has 1 aromatic rings. The van der Waals surface area contributed by atoms with Crippen molar-refractivity contribution in [3.8, 4) is 5.75 Å². The lowest BCUT2D eigenvalue weighted by Crippen LogP contribution is -2.05. The van der Waals surface area contributed by atoms with Crippen LogP contribution >= 0.6 is 0 Å². The van der Waals surface area contributed by atoms with E-state index in [0.717, 1.165) is 7.11 Å². The lowest BCUT2D eigenvalue weighted by molar-refractivity contribution is 0.349. The van der Waals surface area contributed by atoms with E-state index in [2.05, 4.69) is 4.74 Å². The van der Waals surface area contributed by atoms with Gasteiger partial charge in [-0.15, -0.1) is 0 Å². The molecule has 0 amide bonds. The lowest BCUT2D eigenvalue weighted by atomic mass is 10.2. The van der Waals surface area contributed by atoms with Crippen molar-refractivity contribution in [1.82, 2.24) is 0 Å². The Morgan fingerprint density at radius 3 is 1.85 bits per heavy atom. The molecule has 2 nitrogen and oxygen atoms in total. The Morgan fingerprint density at radius 1 is 0.923 bits per heavy atom. The van der Waals surface area contributed by atoms with Crippen molar-refractivity contribution >= 4 is 5.69 Å². The topological polar surface area (TPSA) is 35.2 Å². The van der Waals surface area contributed by atoms with Crippen molar-refractivity contribution in [2.24, 2.45) is 0 Å². The molecule has 0 aliphatic rings. The second kappa shape index (κ2) is 3.12. The Kier molecular flexibility index (Phi) is 2.31.